The topological polar surface area (TPSA) is 54.6 Å². The van der Waals surface area contributed by atoms with Crippen LogP contribution in [-0.4, -0.2) is 20.5 Å². The molecule has 0 aliphatic heterocycles. The van der Waals surface area contributed by atoms with E-state index in [-0.39, 0.29) is 6.42 Å². The van der Waals surface area contributed by atoms with Gasteiger partial charge in [0.1, 0.15) is 5.65 Å². The lowest BCUT2D eigenvalue weighted by Crippen LogP contribution is -2.01. The molecule has 3 aromatic rings. The normalized spacial score (nSPS) is 11.3. The monoisotopic (exact) mass is 342 g/mol. The lowest BCUT2D eigenvalue weighted by atomic mass is 10.00. The summed E-state index contributed by atoms with van der Waals surface area (Å²) in [4.78, 5) is 15.7. The maximum Gasteiger partial charge on any atom is 0.303 e. The van der Waals surface area contributed by atoms with E-state index in [1.165, 1.54) is 5.56 Å². The number of aliphatic carboxylic acids is 1. The average Bonchev–Trinajstić information content (AvgIpc) is 2.90. The first-order chi connectivity index (χ1) is 11.5. The number of hydrogen-bond donors (Lipinski definition) is 1. The van der Waals surface area contributed by atoms with Gasteiger partial charge in [-0.25, -0.2) is 4.98 Å². The Morgan fingerprint density at radius 2 is 1.92 bits per heavy atom. The molecule has 1 aromatic carbocycles. The van der Waals surface area contributed by atoms with Crippen LogP contribution >= 0.6 is 11.6 Å². The Morgan fingerprint density at radius 1 is 1.21 bits per heavy atom. The van der Waals surface area contributed by atoms with Gasteiger partial charge in [-0.15, -0.1) is 0 Å². The van der Waals surface area contributed by atoms with Crippen LogP contribution in [0.2, 0.25) is 5.02 Å². The molecule has 0 bridgehead atoms. The van der Waals surface area contributed by atoms with E-state index in [0.29, 0.717) is 17.4 Å². The summed E-state index contributed by atoms with van der Waals surface area (Å²) in [5, 5.41) is 9.64. The molecule has 0 aliphatic rings. The van der Waals surface area contributed by atoms with Crippen LogP contribution < -0.4 is 0 Å². The molecule has 124 valence electrons. The Morgan fingerprint density at radius 3 is 2.54 bits per heavy atom. The number of aromatic nitrogens is 2. The van der Waals surface area contributed by atoms with Crippen molar-refractivity contribution < 1.29 is 9.90 Å². The van der Waals surface area contributed by atoms with Crippen molar-refractivity contribution in [3.63, 3.8) is 0 Å². The van der Waals surface area contributed by atoms with Gasteiger partial charge in [0, 0.05) is 18.2 Å². The van der Waals surface area contributed by atoms with Crippen LogP contribution in [0.15, 0.2) is 42.6 Å². The third kappa shape index (κ3) is 3.29. The largest absolute Gasteiger partial charge is 0.481 e. The van der Waals surface area contributed by atoms with E-state index in [4.69, 9.17) is 16.7 Å². The van der Waals surface area contributed by atoms with Crippen molar-refractivity contribution >= 4 is 23.2 Å². The molecule has 3 rings (SSSR count). The Balaban J connectivity index is 2.11. The fraction of sp³-hybridized carbons (Fsp3) is 0.263. The number of hydrogen-bond acceptors (Lipinski definition) is 2. The van der Waals surface area contributed by atoms with E-state index in [1.807, 2.05) is 22.6 Å². The van der Waals surface area contributed by atoms with Crippen molar-refractivity contribution in [2.45, 2.75) is 32.6 Å². The van der Waals surface area contributed by atoms with Crippen molar-refractivity contribution in [1.29, 1.82) is 0 Å². The molecule has 0 amide bonds. The molecule has 4 nitrogen and oxygen atoms in total. The molecule has 2 aromatic heterocycles. The summed E-state index contributed by atoms with van der Waals surface area (Å²) in [5.74, 6) is -0.363. The minimum absolute atomic E-state index is 0.0530. The number of aryl methyl sites for hydroxylation is 1. The summed E-state index contributed by atoms with van der Waals surface area (Å²) in [6.07, 6.45) is 2.24. The number of benzene rings is 1. The number of rotatable bonds is 5. The molecule has 0 radical (unpaired) electrons. The van der Waals surface area contributed by atoms with Crippen LogP contribution in [0, 0.1) is 0 Å². The highest BCUT2D eigenvalue weighted by Crippen LogP contribution is 2.28. The zero-order valence-electron chi connectivity index (χ0n) is 13.7. The number of fused-ring (bicyclic) bond motifs is 1. The molecule has 0 spiro atoms. The van der Waals surface area contributed by atoms with Crippen LogP contribution in [0.5, 0.6) is 0 Å². The molecule has 1 N–H and O–H groups in total. The van der Waals surface area contributed by atoms with Gasteiger partial charge in [-0.05, 0) is 23.6 Å². The zero-order valence-corrected chi connectivity index (χ0v) is 14.4. The number of pyridine rings is 1. The first-order valence-electron chi connectivity index (χ1n) is 7.94. The van der Waals surface area contributed by atoms with Crippen LogP contribution in [0.1, 0.15) is 37.4 Å². The maximum atomic E-state index is 11.0. The van der Waals surface area contributed by atoms with Gasteiger partial charge in [0.25, 0.3) is 0 Å². The van der Waals surface area contributed by atoms with Crippen LogP contribution in [-0.2, 0) is 11.2 Å². The number of nitrogens with zero attached hydrogens (tertiary/aromatic N) is 2. The number of carboxylic acid groups (broad SMARTS) is 1. The molecule has 0 unspecified atom stereocenters. The van der Waals surface area contributed by atoms with Crippen LogP contribution in [0.4, 0.5) is 0 Å². The van der Waals surface area contributed by atoms with E-state index >= 15 is 0 Å². The molecular weight excluding hydrogens is 324 g/mol. The molecule has 5 heteroatoms. The molecule has 0 aliphatic carbocycles. The van der Waals surface area contributed by atoms with Gasteiger partial charge in [-0.2, -0.15) is 0 Å². The van der Waals surface area contributed by atoms with Gasteiger partial charge in [-0.3, -0.25) is 4.79 Å². The predicted molar refractivity (Wildman–Crippen MR) is 95.7 cm³/mol. The minimum atomic E-state index is -0.826. The standard InChI is InChI=1S/C19H19ClN2O2/c1-12(2)13-3-5-14(6-4-13)19-16(8-10-18(23)24)22-11-15(20)7-9-17(22)21-19/h3-7,9,11-12H,8,10H2,1-2H3,(H,23,24). The minimum Gasteiger partial charge on any atom is -0.481 e. The van der Waals surface area contributed by atoms with Crippen molar-refractivity contribution in [1.82, 2.24) is 9.38 Å². The summed E-state index contributed by atoms with van der Waals surface area (Å²) < 4.78 is 1.89. The van der Waals surface area contributed by atoms with Gasteiger partial charge in [-0.1, -0.05) is 49.7 Å². The molecular formula is C19H19ClN2O2. The molecule has 0 saturated carbocycles. The third-order valence-corrected chi connectivity index (χ3v) is 4.33. The second kappa shape index (κ2) is 6.65. The van der Waals surface area contributed by atoms with Gasteiger partial charge in [0.05, 0.1) is 22.8 Å². The highest BCUT2D eigenvalue weighted by molar-refractivity contribution is 6.30. The second-order valence-electron chi connectivity index (χ2n) is 6.15. The molecule has 0 fully saturated rings. The van der Waals surface area contributed by atoms with Crippen molar-refractivity contribution in [3.05, 3.63) is 58.9 Å². The highest BCUT2D eigenvalue weighted by atomic mass is 35.5. The fourth-order valence-corrected chi connectivity index (χ4v) is 2.95. The molecule has 0 atom stereocenters. The van der Waals surface area contributed by atoms with Crippen molar-refractivity contribution in [3.8, 4) is 11.3 Å². The third-order valence-electron chi connectivity index (χ3n) is 4.11. The van der Waals surface area contributed by atoms with Gasteiger partial charge in [0.15, 0.2) is 0 Å². The summed E-state index contributed by atoms with van der Waals surface area (Å²) in [6.45, 7) is 4.31. The van der Waals surface area contributed by atoms with Crippen LogP contribution in [0.3, 0.4) is 0 Å². The Hall–Kier alpha value is -2.33. The predicted octanol–water partition coefficient (Wildman–Crippen LogP) is 4.80. The number of carboxylic acids is 1. The van der Waals surface area contributed by atoms with Crippen LogP contribution in [0.25, 0.3) is 16.9 Å². The van der Waals surface area contributed by atoms with Crippen molar-refractivity contribution in [2.24, 2.45) is 0 Å². The number of carbonyl (C=O) groups is 1. The highest BCUT2D eigenvalue weighted by Gasteiger charge is 2.15. The van der Waals surface area contributed by atoms with E-state index in [0.717, 1.165) is 22.6 Å². The number of imidazole rings is 1. The smallest absolute Gasteiger partial charge is 0.303 e. The average molecular weight is 343 g/mol. The summed E-state index contributed by atoms with van der Waals surface area (Å²) >= 11 is 6.10. The van der Waals surface area contributed by atoms with E-state index in [2.05, 4.69) is 31.0 Å². The quantitative estimate of drug-likeness (QED) is 0.724. The summed E-state index contributed by atoms with van der Waals surface area (Å²) in [7, 11) is 0. The Kier molecular flexibility index (Phi) is 4.58. The first-order valence-corrected chi connectivity index (χ1v) is 8.32. The van der Waals surface area contributed by atoms with Crippen molar-refractivity contribution in [2.75, 3.05) is 0 Å². The van der Waals surface area contributed by atoms with E-state index in [1.54, 1.807) is 12.3 Å². The Bertz CT molecular complexity index is 882. The molecule has 24 heavy (non-hydrogen) atoms. The van der Waals surface area contributed by atoms with Gasteiger partial charge >= 0.3 is 5.97 Å². The maximum absolute atomic E-state index is 11.0. The summed E-state index contributed by atoms with van der Waals surface area (Å²) in [6, 6.07) is 11.9. The zero-order chi connectivity index (χ0) is 17.3. The Labute approximate surface area is 145 Å². The second-order valence-corrected chi connectivity index (χ2v) is 6.59. The lowest BCUT2D eigenvalue weighted by molar-refractivity contribution is -0.136. The SMILES string of the molecule is CC(C)c1ccc(-c2nc3ccc(Cl)cn3c2CCC(=O)O)cc1. The summed E-state index contributed by atoms with van der Waals surface area (Å²) in [5.41, 5.74) is 4.70. The lowest BCUT2D eigenvalue weighted by Gasteiger charge is -2.07. The van der Waals surface area contributed by atoms with Gasteiger partial charge in [0.2, 0.25) is 0 Å². The van der Waals surface area contributed by atoms with E-state index < -0.39 is 5.97 Å². The molecule has 0 saturated heterocycles. The number of halogens is 1. The fourth-order valence-electron chi connectivity index (χ4n) is 2.79. The molecule has 2 heterocycles. The first kappa shape index (κ1) is 16.5. The van der Waals surface area contributed by atoms with Gasteiger partial charge < -0.3 is 9.51 Å². The van der Waals surface area contributed by atoms with E-state index in [9.17, 15) is 4.79 Å².